The second-order valence-electron chi connectivity index (χ2n) is 8.32. The highest BCUT2D eigenvalue weighted by atomic mass is 79.9. The Morgan fingerprint density at radius 1 is 0.944 bits per heavy atom. The minimum atomic E-state index is 0.000247. The average Bonchev–Trinajstić information content (AvgIpc) is 3.28. The first-order chi connectivity index (χ1) is 17.6. The zero-order chi connectivity index (χ0) is 24.9. The van der Waals surface area contributed by atoms with Gasteiger partial charge in [-0.3, -0.25) is 4.79 Å². The molecule has 180 valence electrons. The number of nitrogens with one attached hydrogen (secondary N) is 2. The molecule has 2 aromatic heterocycles. The first-order valence-electron chi connectivity index (χ1n) is 11.5. The van der Waals surface area contributed by atoms with E-state index in [9.17, 15) is 4.79 Å². The fourth-order valence-corrected chi connectivity index (χ4v) is 4.47. The quantitative estimate of drug-likeness (QED) is 0.214. The monoisotopic (exact) mass is 559 g/mol. The van der Waals surface area contributed by atoms with E-state index in [4.69, 9.17) is 16.6 Å². The minimum Gasteiger partial charge on any atom is -0.366 e. The topological polar surface area (TPSA) is 71.3 Å². The van der Waals surface area contributed by atoms with Gasteiger partial charge in [0.25, 0.3) is 0 Å². The van der Waals surface area contributed by atoms with Gasteiger partial charge in [-0.2, -0.15) is 9.61 Å². The van der Waals surface area contributed by atoms with Crippen LogP contribution in [0, 0.1) is 0 Å². The number of benzene rings is 3. The van der Waals surface area contributed by atoms with Crippen LogP contribution in [0.2, 0.25) is 5.02 Å². The predicted molar refractivity (Wildman–Crippen MR) is 148 cm³/mol. The first-order valence-corrected chi connectivity index (χ1v) is 12.7. The molecule has 0 saturated carbocycles. The molecule has 5 rings (SSSR count). The van der Waals surface area contributed by atoms with Gasteiger partial charge in [-0.1, -0.05) is 72.3 Å². The molecule has 5 aromatic rings. The summed E-state index contributed by atoms with van der Waals surface area (Å²) >= 11 is 9.96. The second-order valence-corrected chi connectivity index (χ2v) is 9.58. The lowest BCUT2D eigenvalue weighted by molar-refractivity contribution is -0.116. The first kappa shape index (κ1) is 24.0. The normalized spacial score (nSPS) is 10.9. The summed E-state index contributed by atoms with van der Waals surface area (Å²) in [6.45, 7) is 0.570. The molecule has 1 amide bonds. The van der Waals surface area contributed by atoms with Gasteiger partial charge in [0.1, 0.15) is 5.82 Å². The number of aromatic nitrogens is 3. The summed E-state index contributed by atoms with van der Waals surface area (Å²) in [5, 5.41) is 11.5. The Bertz CT molecular complexity index is 1500. The third-order valence-electron chi connectivity index (χ3n) is 5.77. The molecule has 36 heavy (non-hydrogen) atoms. The number of halogens is 2. The molecule has 0 radical (unpaired) electrons. The van der Waals surface area contributed by atoms with Crippen LogP contribution in [0.15, 0.2) is 95.6 Å². The van der Waals surface area contributed by atoms with E-state index in [0.29, 0.717) is 23.6 Å². The smallest absolute Gasteiger partial charge is 0.224 e. The molecule has 0 bridgehead atoms. The van der Waals surface area contributed by atoms with E-state index in [1.165, 1.54) is 0 Å². The summed E-state index contributed by atoms with van der Waals surface area (Å²) in [5.74, 6) is 0.791. The zero-order valence-corrected chi connectivity index (χ0v) is 21.6. The highest BCUT2D eigenvalue weighted by Gasteiger charge is 2.13. The number of rotatable bonds is 8. The van der Waals surface area contributed by atoms with Gasteiger partial charge in [-0.05, 0) is 51.7 Å². The van der Waals surface area contributed by atoms with Crippen LogP contribution in [0.25, 0.3) is 16.9 Å². The van der Waals surface area contributed by atoms with Crippen molar-refractivity contribution >= 4 is 50.6 Å². The van der Waals surface area contributed by atoms with Crippen LogP contribution in [0.3, 0.4) is 0 Å². The van der Waals surface area contributed by atoms with Gasteiger partial charge in [0, 0.05) is 35.3 Å². The number of fused-ring (bicyclic) bond motifs is 1. The van der Waals surface area contributed by atoms with Crippen LogP contribution in [0.4, 0.5) is 11.5 Å². The van der Waals surface area contributed by atoms with E-state index in [1.54, 1.807) is 10.7 Å². The third-order valence-corrected chi connectivity index (χ3v) is 6.66. The molecule has 0 aliphatic rings. The number of carbonyl (C=O) groups excluding carboxylic acids is 1. The molecule has 2 N–H and O–H groups in total. The summed E-state index contributed by atoms with van der Waals surface area (Å²) in [4.78, 5) is 17.1. The van der Waals surface area contributed by atoms with Crippen molar-refractivity contribution in [2.75, 3.05) is 10.6 Å². The Morgan fingerprint density at radius 2 is 1.69 bits per heavy atom. The van der Waals surface area contributed by atoms with Gasteiger partial charge >= 0.3 is 0 Å². The second kappa shape index (κ2) is 10.9. The van der Waals surface area contributed by atoms with Gasteiger partial charge < -0.3 is 10.6 Å². The van der Waals surface area contributed by atoms with E-state index in [1.807, 2.05) is 84.9 Å². The molecular formula is C28H23BrClN5O. The van der Waals surface area contributed by atoms with E-state index in [-0.39, 0.29) is 5.91 Å². The molecule has 0 fully saturated rings. The number of hydrogen-bond acceptors (Lipinski definition) is 4. The van der Waals surface area contributed by atoms with Crippen LogP contribution >= 0.6 is 27.5 Å². The summed E-state index contributed by atoms with van der Waals surface area (Å²) in [7, 11) is 0. The average molecular weight is 561 g/mol. The zero-order valence-electron chi connectivity index (χ0n) is 19.3. The van der Waals surface area contributed by atoms with E-state index >= 15 is 0 Å². The minimum absolute atomic E-state index is 0.000247. The van der Waals surface area contributed by atoms with Crippen LogP contribution in [-0.2, 0) is 17.8 Å². The van der Waals surface area contributed by atoms with Crippen molar-refractivity contribution < 1.29 is 4.79 Å². The summed E-state index contributed by atoms with van der Waals surface area (Å²) in [6, 6.07) is 27.4. The van der Waals surface area contributed by atoms with Gasteiger partial charge in [0.05, 0.1) is 16.4 Å². The third kappa shape index (κ3) is 5.58. The Kier molecular flexibility index (Phi) is 7.30. The molecule has 0 saturated heterocycles. The predicted octanol–water partition coefficient (Wildman–Crippen LogP) is 7.00. The maximum atomic E-state index is 12.3. The molecule has 6 nitrogen and oxygen atoms in total. The van der Waals surface area contributed by atoms with E-state index in [0.717, 1.165) is 44.8 Å². The van der Waals surface area contributed by atoms with Crippen LogP contribution < -0.4 is 10.6 Å². The summed E-state index contributed by atoms with van der Waals surface area (Å²) < 4.78 is 2.55. The molecule has 3 aromatic carbocycles. The Balaban J connectivity index is 1.26. The van der Waals surface area contributed by atoms with Crippen LogP contribution in [0.1, 0.15) is 17.5 Å². The van der Waals surface area contributed by atoms with Crippen molar-refractivity contribution in [3.63, 3.8) is 0 Å². The van der Waals surface area contributed by atoms with Gasteiger partial charge in [0.2, 0.25) is 5.91 Å². The fraction of sp³-hybridized carbons (Fsp3) is 0.107. The number of hydrogen-bond donors (Lipinski definition) is 2. The maximum Gasteiger partial charge on any atom is 0.224 e. The van der Waals surface area contributed by atoms with Gasteiger partial charge in [0.15, 0.2) is 5.65 Å². The standard InChI is InChI=1S/C28H23BrClN5O/c29-23-18-32-35-26(16-25(34-28(23)35)22-8-4-5-9-24(22)30)31-17-20-10-13-21(14-11-20)33-27(36)15-12-19-6-2-1-3-7-19/h1-11,13-14,16,18,31H,12,15,17H2,(H,33,36). The van der Waals surface area contributed by atoms with Gasteiger partial charge in [-0.25, -0.2) is 4.98 Å². The number of anilines is 2. The van der Waals surface area contributed by atoms with Crippen molar-refractivity contribution in [2.24, 2.45) is 0 Å². The van der Waals surface area contributed by atoms with Crippen molar-refractivity contribution in [2.45, 2.75) is 19.4 Å². The lowest BCUT2D eigenvalue weighted by Gasteiger charge is -2.12. The maximum absolute atomic E-state index is 12.3. The summed E-state index contributed by atoms with van der Waals surface area (Å²) in [6.07, 6.45) is 2.88. The molecule has 0 unspecified atom stereocenters. The van der Waals surface area contributed by atoms with Crippen molar-refractivity contribution in [1.82, 2.24) is 14.6 Å². The largest absolute Gasteiger partial charge is 0.366 e. The number of carbonyl (C=O) groups is 1. The van der Waals surface area contributed by atoms with E-state index in [2.05, 4.69) is 31.7 Å². The molecule has 0 aliphatic heterocycles. The Labute approximate surface area is 222 Å². The number of nitrogens with zero attached hydrogens (tertiary/aromatic N) is 3. The van der Waals surface area contributed by atoms with Crippen LogP contribution in [0.5, 0.6) is 0 Å². The number of amides is 1. The fourth-order valence-electron chi connectivity index (χ4n) is 3.89. The van der Waals surface area contributed by atoms with Crippen molar-refractivity contribution in [3.8, 4) is 11.3 Å². The molecule has 2 heterocycles. The Hall–Kier alpha value is -3.68. The SMILES string of the molecule is O=C(CCc1ccccc1)Nc1ccc(CNc2cc(-c3ccccc3Cl)nc3c(Br)cnn23)cc1. The molecular weight excluding hydrogens is 538 g/mol. The molecule has 0 spiro atoms. The highest BCUT2D eigenvalue weighted by molar-refractivity contribution is 9.10. The van der Waals surface area contributed by atoms with Gasteiger partial charge in [-0.15, -0.1) is 0 Å². The molecule has 8 heteroatoms. The van der Waals surface area contributed by atoms with E-state index < -0.39 is 0 Å². The van der Waals surface area contributed by atoms with Crippen molar-refractivity contribution in [3.05, 3.63) is 112 Å². The number of aryl methyl sites for hydroxylation is 1. The molecule has 0 atom stereocenters. The van der Waals surface area contributed by atoms with Crippen molar-refractivity contribution in [1.29, 1.82) is 0 Å². The lowest BCUT2D eigenvalue weighted by Crippen LogP contribution is -2.12. The lowest BCUT2D eigenvalue weighted by atomic mass is 10.1. The Morgan fingerprint density at radius 3 is 2.47 bits per heavy atom. The summed E-state index contributed by atoms with van der Waals surface area (Å²) in [5.41, 5.74) is 5.30. The molecule has 0 aliphatic carbocycles. The van der Waals surface area contributed by atoms with Crippen LogP contribution in [-0.4, -0.2) is 20.5 Å². The highest BCUT2D eigenvalue weighted by Crippen LogP contribution is 2.30.